The van der Waals surface area contributed by atoms with Crippen LogP contribution in [-0.2, 0) is 4.79 Å². The molecule has 0 fully saturated rings. The van der Waals surface area contributed by atoms with Crippen LogP contribution in [0, 0.1) is 0 Å². The van der Waals surface area contributed by atoms with Gasteiger partial charge in [0.1, 0.15) is 5.76 Å². The molecule has 0 unspecified atom stereocenters. The van der Waals surface area contributed by atoms with Crippen molar-refractivity contribution in [3.05, 3.63) is 42.0 Å². The molecule has 0 bridgehead atoms. The van der Waals surface area contributed by atoms with Gasteiger partial charge in [0.25, 0.3) is 0 Å². The average Bonchev–Trinajstić information content (AvgIpc) is 2.29. The average molecular weight is 271 g/mol. The molecule has 1 N–H and O–H groups in total. The van der Waals surface area contributed by atoms with Crippen LogP contribution in [0.2, 0.25) is 0 Å². The van der Waals surface area contributed by atoms with Gasteiger partial charge >= 0.3 is 41.9 Å². The van der Waals surface area contributed by atoms with Crippen molar-refractivity contribution in [2.75, 3.05) is 0 Å². The van der Waals surface area contributed by atoms with Gasteiger partial charge < -0.3 is 5.11 Å². The zero-order valence-electron chi connectivity index (χ0n) is 9.41. The molecule has 1 aromatic carbocycles. The molecule has 0 atom stereocenters. The number of carbonyl (C=O) groups is 1. The van der Waals surface area contributed by atoms with E-state index >= 15 is 0 Å². The van der Waals surface area contributed by atoms with Crippen LogP contribution in [0.5, 0.6) is 0 Å². The van der Waals surface area contributed by atoms with Crippen molar-refractivity contribution in [1.29, 1.82) is 0 Å². The number of aliphatic hydroxyl groups excluding tert-OH is 1. The van der Waals surface area contributed by atoms with E-state index in [4.69, 9.17) is 0 Å². The van der Waals surface area contributed by atoms with Crippen LogP contribution in [0.15, 0.2) is 36.4 Å². The van der Waals surface area contributed by atoms with Crippen molar-refractivity contribution in [1.82, 2.24) is 0 Å². The first-order valence-corrected chi connectivity index (χ1v) is 4.52. The largest absolute Gasteiger partial charge is 1.00 e. The number of alkyl halides is 4. The third-order valence-corrected chi connectivity index (χ3v) is 1.94. The van der Waals surface area contributed by atoms with Crippen LogP contribution in [0.4, 0.5) is 17.6 Å². The number of rotatable bonds is 4. The Balaban J connectivity index is 0.00000289. The Morgan fingerprint density at radius 3 is 2.17 bits per heavy atom. The summed E-state index contributed by atoms with van der Waals surface area (Å²) in [5.74, 6) is -7.70. The van der Waals surface area contributed by atoms with Gasteiger partial charge in [-0.25, -0.2) is 8.78 Å². The Morgan fingerprint density at radius 2 is 1.72 bits per heavy atom. The molecule has 0 radical (unpaired) electrons. The number of hydrogen-bond acceptors (Lipinski definition) is 2. The van der Waals surface area contributed by atoms with Crippen molar-refractivity contribution in [3.8, 4) is 0 Å². The third-order valence-electron chi connectivity index (χ3n) is 1.94. The van der Waals surface area contributed by atoms with Gasteiger partial charge in [-0.15, -0.1) is 0 Å². The molecule has 0 saturated heterocycles. The minimum Gasteiger partial charge on any atom is -0.507 e. The standard InChI is InChI=1S/C11H8F4O2.Na/c12-10(13)11(14,15)9(17)6-8(16)7-4-2-1-3-5-7;/h1-6,10,16H;/q;+1/b8-6-;. The molecule has 1 aromatic rings. The van der Waals surface area contributed by atoms with E-state index in [1.165, 1.54) is 24.3 Å². The van der Waals surface area contributed by atoms with Crippen LogP contribution in [-0.4, -0.2) is 23.2 Å². The summed E-state index contributed by atoms with van der Waals surface area (Å²) in [5, 5.41) is 9.30. The molecule has 0 aliphatic rings. The molecule has 18 heavy (non-hydrogen) atoms. The quantitative estimate of drug-likeness (QED) is 0.364. The summed E-state index contributed by atoms with van der Waals surface area (Å²) in [7, 11) is 0. The molecule has 0 aromatic heterocycles. The van der Waals surface area contributed by atoms with E-state index in [-0.39, 0.29) is 41.2 Å². The number of halogens is 4. The molecule has 0 aliphatic carbocycles. The van der Waals surface area contributed by atoms with Crippen molar-refractivity contribution in [2.24, 2.45) is 0 Å². The predicted molar refractivity (Wildman–Crippen MR) is 53.0 cm³/mol. The summed E-state index contributed by atoms with van der Waals surface area (Å²) in [4.78, 5) is 10.8. The first kappa shape index (κ1) is 17.2. The van der Waals surface area contributed by atoms with E-state index in [1.54, 1.807) is 6.07 Å². The summed E-state index contributed by atoms with van der Waals surface area (Å²) < 4.78 is 48.8. The Hall–Kier alpha value is -0.850. The van der Waals surface area contributed by atoms with Gasteiger partial charge in [-0.05, 0) is 0 Å². The maximum absolute atomic E-state index is 12.6. The normalized spacial score (nSPS) is 12.2. The molecular weight excluding hydrogens is 263 g/mol. The van der Waals surface area contributed by atoms with Crippen molar-refractivity contribution < 1.29 is 57.0 Å². The summed E-state index contributed by atoms with van der Waals surface area (Å²) in [6, 6.07) is 7.29. The molecule has 0 aliphatic heterocycles. The van der Waals surface area contributed by atoms with E-state index in [1.807, 2.05) is 0 Å². The van der Waals surface area contributed by atoms with Crippen LogP contribution >= 0.6 is 0 Å². The molecule has 7 heteroatoms. The maximum Gasteiger partial charge on any atom is 1.00 e. The molecule has 0 saturated carbocycles. The number of hydrogen-bond donors (Lipinski definition) is 1. The smallest absolute Gasteiger partial charge is 0.507 e. The van der Waals surface area contributed by atoms with Gasteiger partial charge in [-0.2, -0.15) is 8.78 Å². The maximum atomic E-state index is 12.6. The summed E-state index contributed by atoms with van der Waals surface area (Å²) in [6.45, 7) is 0. The van der Waals surface area contributed by atoms with Crippen LogP contribution < -0.4 is 29.6 Å². The molecule has 0 spiro atoms. The third kappa shape index (κ3) is 4.12. The molecule has 0 amide bonds. The number of carbonyl (C=O) groups excluding carboxylic acids is 1. The van der Waals surface area contributed by atoms with Crippen molar-refractivity contribution in [2.45, 2.75) is 12.3 Å². The Kier molecular flexibility index (Phi) is 6.59. The van der Waals surface area contributed by atoms with Gasteiger partial charge in [0.2, 0.25) is 5.78 Å². The van der Waals surface area contributed by atoms with E-state index < -0.39 is 23.9 Å². The summed E-state index contributed by atoms with van der Waals surface area (Å²) >= 11 is 0. The fourth-order valence-electron chi connectivity index (χ4n) is 1.02. The fraction of sp³-hybridized carbons (Fsp3) is 0.182. The minimum atomic E-state index is -4.79. The van der Waals surface area contributed by atoms with E-state index in [2.05, 4.69) is 0 Å². The SMILES string of the molecule is O=C(/C=C(\O)c1ccccc1)C(F)(F)C(F)F.[Na+]. The Morgan fingerprint density at radius 1 is 1.22 bits per heavy atom. The molecule has 1 rings (SSSR count). The molecular formula is C11H8F4NaO2+. The second kappa shape index (κ2) is 6.92. The van der Waals surface area contributed by atoms with Crippen LogP contribution in [0.1, 0.15) is 5.56 Å². The van der Waals surface area contributed by atoms with E-state index in [9.17, 15) is 27.5 Å². The zero-order chi connectivity index (χ0) is 13.1. The predicted octanol–water partition coefficient (Wildman–Crippen LogP) is 0.0590. The van der Waals surface area contributed by atoms with Crippen molar-refractivity contribution in [3.63, 3.8) is 0 Å². The van der Waals surface area contributed by atoms with E-state index in [0.717, 1.165) is 0 Å². The zero-order valence-corrected chi connectivity index (χ0v) is 11.4. The van der Waals surface area contributed by atoms with Crippen LogP contribution in [0.3, 0.4) is 0 Å². The van der Waals surface area contributed by atoms with E-state index in [0.29, 0.717) is 0 Å². The topological polar surface area (TPSA) is 37.3 Å². The second-order valence-electron chi connectivity index (χ2n) is 3.18. The summed E-state index contributed by atoms with van der Waals surface area (Å²) in [5.41, 5.74) is 0.0888. The van der Waals surface area contributed by atoms with Gasteiger partial charge in [0.15, 0.2) is 0 Å². The Labute approximate surface area is 123 Å². The van der Waals surface area contributed by atoms with Gasteiger partial charge in [0.05, 0.1) is 0 Å². The van der Waals surface area contributed by atoms with Crippen molar-refractivity contribution >= 4 is 11.5 Å². The van der Waals surface area contributed by atoms with Gasteiger partial charge in [-0.3, -0.25) is 4.79 Å². The fourth-order valence-corrected chi connectivity index (χ4v) is 1.02. The molecule has 92 valence electrons. The number of benzene rings is 1. The minimum absolute atomic E-state index is 0. The Bertz CT molecular complexity index is 432. The first-order valence-electron chi connectivity index (χ1n) is 4.52. The molecule has 0 heterocycles. The van der Waals surface area contributed by atoms with Crippen LogP contribution in [0.25, 0.3) is 5.76 Å². The summed E-state index contributed by atoms with van der Waals surface area (Å²) in [6.07, 6.45) is -4.00. The van der Waals surface area contributed by atoms with Gasteiger partial charge in [-0.1, -0.05) is 30.3 Å². The van der Waals surface area contributed by atoms with Gasteiger partial charge in [0, 0.05) is 11.6 Å². The monoisotopic (exact) mass is 271 g/mol. The molecule has 2 nitrogen and oxygen atoms in total. The number of aliphatic hydroxyl groups is 1. The number of allylic oxidation sites excluding steroid dienone is 1. The first-order chi connectivity index (χ1) is 7.85. The number of ketones is 1. The second-order valence-corrected chi connectivity index (χ2v) is 3.18.